The summed E-state index contributed by atoms with van der Waals surface area (Å²) in [5.41, 5.74) is 6.18. The van der Waals surface area contributed by atoms with Crippen molar-refractivity contribution in [2.75, 3.05) is 7.11 Å². The molecule has 0 saturated heterocycles. The third kappa shape index (κ3) is 5.72. The summed E-state index contributed by atoms with van der Waals surface area (Å²) in [5, 5.41) is 5.42. The molecule has 7 nitrogen and oxygen atoms in total. The number of carbonyl (C=O) groups excluding carboxylic acids is 2. The van der Waals surface area contributed by atoms with E-state index in [1.54, 1.807) is 48.5 Å². The van der Waals surface area contributed by atoms with E-state index < -0.39 is 11.9 Å². The molecule has 39 heavy (non-hydrogen) atoms. The lowest BCUT2D eigenvalue weighted by Gasteiger charge is -2.10. The number of hydrazone groups is 1. The zero-order chi connectivity index (χ0) is 27.4. The highest BCUT2D eigenvalue weighted by atomic mass is 79.9. The predicted molar refractivity (Wildman–Crippen MR) is 156 cm³/mol. The lowest BCUT2D eigenvalue weighted by molar-refractivity contribution is 0.0729. The van der Waals surface area contributed by atoms with E-state index in [-0.39, 0.29) is 5.75 Å². The van der Waals surface area contributed by atoms with Gasteiger partial charge in [0.1, 0.15) is 5.69 Å². The molecule has 0 atom stereocenters. The molecule has 1 amide bonds. The third-order valence-electron chi connectivity index (χ3n) is 5.89. The molecule has 5 aromatic rings. The summed E-state index contributed by atoms with van der Waals surface area (Å²) in [6.07, 6.45) is 1.47. The van der Waals surface area contributed by atoms with E-state index >= 15 is 0 Å². The summed E-state index contributed by atoms with van der Waals surface area (Å²) >= 11 is 9.95. The molecule has 0 aliphatic carbocycles. The molecular formula is C30H21BrClN3O4. The molecule has 5 rings (SSSR count). The molecular weight excluding hydrogens is 582 g/mol. The van der Waals surface area contributed by atoms with Crippen molar-refractivity contribution >= 4 is 56.5 Å². The molecule has 0 spiro atoms. The number of aromatic nitrogens is 1. The van der Waals surface area contributed by atoms with Crippen LogP contribution in [-0.2, 0) is 0 Å². The second kappa shape index (κ2) is 11.6. The van der Waals surface area contributed by atoms with Crippen molar-refractivity contribution in [1.82, 2.24) is 10.4 Å². The van der Waals surface area contributed by atoms with Crippen molar-refractivity contribution in [3.05, 3.63) is 117 Å². The molecule has 4 aromatic carbocycles. The number of halogens is 2. The highest BCUT2D eigenvalue weighted by Crippen LogP contribution is 2.37. The Kier molecular flexibility index (Phi) is 7.76. The van der Waals surface area contributed by atoms with Crippen LogP contribution in [-0.4, -0.2) is 30.2 Å². The van der Waals surface area contributed by atoms with Crippen molar-refractivity contribution < 1.29 is 19.1 Å². The maximum Gasteiger partial charge on any atom is 0.343 e. The number of aromatic amines is 1. The Morgan fingerprint density at radius 3 is 2.38 bits per heavy atom. The Hall–Kier alpha value is -4.40. The normalized spacial score (nSPS) is 11.1. The van der Waals surface area contributed by atoms with Crippen LogP contribution in [0.4, 0.5) is 0 Å². The Labute approximate surface area is 237 Å². The molecule has 0 radical (unpaired) electrons. The van der Waals surface area contributed by atoms with Crippen LogP contribution in [0.15, 0.2) is 101 Å². The summed E-state index contributed by atoms with van der Waals surface area (Å²) in [4.78, 5) is 28.8. The van der Waals surface area contributed by atoms with Gasteiger partial charge in [0.25, 0.3) is 5.91 Å². The number of rotatable bonds is 7. The average Bonchev–Trinajstić information content (AvgIpc) is 3.34. The first-order chi connectivity index (χ1) is 18.9. The summed E-state index contributed by atoms with van der Waals surface area (Å²) in [5.74, 6) is -0.325. The van der Waals surface area contributed by atoms with Gasteiger partial charge in [-0.05, 0) is 53.6 Å². The molecule has 0 fully saturated rings. The highest BCUT2D eigenvalue weighted by molar-refractivity contribution is 9.10. The van der Waals surface area contributed by atoms with Crippen LogP contribution in [0.1, 0.15) is 26.4 Å². The Morgan fingerprint density at radius 1 is 0.949 bits per heavy atom. The van der Waals surface area contributed by atoms with E-state index in [0.717, 1.165) is 15.4 Å². The Morgan fingerprint density at radius 2 is 1.67 bits per heavy atom. The minimum atomic E-state index is -0.498. The summed E-state index contributed by atoms with van der Waals surface area (Å²) in [7, 11) is 1.47. The first-order valence-electron chi connectivity index (χ1n) is 11.8. The van der Waals surface area contributed by atoms with Crippen molar-refractivity contribution in [1.29, 1.82) is 0 Å². The molecule has 2 N–H and O–H groups in total. The standard InChI is InChI=1S/C30H21BrClN3O4/c1-38-25-14-18(12-13-24(25)39-30(37)20-10-6-3-7-11-20)17-33-35-29(36)28-26(19-8-4-2-5-9-19)22-15-21(31)16-23(32)27(22)34-28/h2-17,34H,1H3,(H,35,36). The minimum Gasteiger partial charge on any atom is -0.493 e. The third-order valence-corrected chi connectivity index (χ3v) is 6.65. The number of hydrogen-bond acceptors (Lipinski definition) is 5. The van der Waals surface area contributed by atoms with Crippen LogP contribution < -0.4 is 14.9 Å². The van der Waals surface area contributed by atoms with E-state index in [2.05, 4.69) is 31.4 Å². The Balaban J connectivity index is 1.37. The lowest BCUT2D eigenvalue weighted by Crippen LogP contribution is -2.18. The van der Waals surface area contributed by atoms with E-state index in [4.69, 9.17) is 21.1 Å². The molecule has 0 saturated carbocycles. The molecule has 1 aromatic heterocycles. The van der Waals surface area contributed by atoms with Gasteiger partial charge < -0.3 is 14.5 Å². The second-order valence-corrected chi connectivity index (χ2v) is 9.74. The number of methoxy groups -OCH3 is 1. The highest BCUT2D eigenvalue weighted by Gasteiger charge is 2.21. The maximum absolute atomic E-state index is 13.2. The van der Waals surface area contributed by atoms with Crippen LogP contribution in [0.25, 0.3) is 22.0 Å². The fraction of sp³-hybridized carbons (Fsp3) is 0.0333. The zero-order valence-electron chi connectivity index (χ0n) is 20.6. The number of benzene rings is 4. The van der Waals surface area contributed by atoms with E-state index in [0.29, 0.717) is 38.7 Å². The van der Waals surface area contributed by atoms with Crippen LogP contribution in [0.5, 0.6) is 11.5 Å². The van der Waals surface area contributed by atoms with Crippen LogP contribution in [0.2, 0.25) is 5.02 Å². The number of fused-ring (bicyclic) bond motifs is 1. The number of amides is 1. The van der Waals surface area contributed by atoms with Gasteiger partial charge in [0.05, 0.1) is 29.4 Å². The first-order valence-corrected chi connectivity index (χ1v) is 13.0. The number of H-pyrrole nitrogens is 1. The molecule has 0 aliphatic heterocycles. The van der Waals surface area contributed by atoms with Crippen LogP contribution >= 0.6 is 27.5 Å². The molecule has 1 heterocycles. The van der Waals surface area contributed by atoms with Crippen molar-refractivity contribution in [3.63, 3.8) is 0 Å². The van der Waals surface area contributed by atoms with E-state index in [1.807, 2.05) is 42.5 Å². The van der Waals surface area contributed by atoms with Crippen LogP contribution in [0.3, 0.4) is 0 Å². The SMILES string of the molecule is COc1cc(C=NNC(=O)c2[nH]c3c(Cl)cc(Br)cc3c2-c2ccccc2)ccc1OC(=O)c1ccccc1. The largest absolute Gasteiger partial charge is 0.493 e. The van der Waals surface area contributed by atoms with Gasteiger partial charge in [-0.25, -0.2) is 10.2 Å². The predicted octanol–water partition coefficient (Wildman–Crippen LogP) is 7.24. The zero-order valence-corrected chi connectivity index (χ0v) is 22.9. The molecule has 194 valence electrons. The van der Waals surface area contributed by atoms with Crippen molar-refractivity contribution in [2.45, 2.75) is 0 Å². The van der Waals surface area contributed by atoms with Crippen molar-refractivity contribution in [2.24, 2.45) is 5.10 Å². The first kappa shape index (κ1) is 26.2. The number of carbonyl (C=O) groups is 2. The number of ether oxygens (including phenoxy) is 2. The lowest BCUT2D eigenvalue weighted by atomic mass is 10.0. The average molecular weight is 603 g/mol. The van der Waals surface area contributed by atoms with E-state index in [9.17, 15) is 9.59 Å². The number of nitrogens with zero attached hydrogens (tertiary/aromatic N) is 1. The summed E-state index contributed by atoms with van der Waals surface area (Å²) < 4.78 is 11.7. The quantitative estimate of drug-likeness (QED) is 0.0889. The molecule has 9 heteroatoms. The summed E-state index contributed by atoms with van der Waals surface area (Å²) in [6, 6.07) is 26.9. The van der Waals surface area contributed by atoms with Gasteiger partial charge >= 0.3 is 5.97 Å². The summed E-state index contributed by atoms with van der Waals surface area (Å²) in [6.45, 7) is 0. The molecule has 0 unspecified atom stereocenters. The fourth-order valence-corrected chi connectivity index (χ4v) is 4.95. The van der Waals surface area contributed by atoms with Crippen molar-refractivity contribution in [3.8, 4) is 22.6 Å². The van der Waals surface area contributed by atoms with Gasteiger partial charge in [-0.2, -0.15) is 5.10 Å². The van der Waals surface area contributed by atoms with Gasteiger partial charge in [-0.3, -0.25) is 4.79 Å². The van der Waals surface area contributed by atoms with Gasteiger partial charge in [0.15, 0.2) is 11.5 Å². The maximum atomic E-state index is 13.2. The Bertz CT molecular complexity index is 1700. The fourth-order valence-electron chi connectivity index (χ4n) is 4.10. The van der Waals surface area contributed by atoms with Gasteiger partial charge in [-0.15, -0.1) is 0 Å². The molecule has 0 aliphatic rings. The smallest absolute Gasteiger partial charge is 0.343 e. The van der Waals surface area contributed by atoms with Gasteiger partial charge in [-0.1, -0.05) is 76.1 Å². The minimum absolute atomic E-state index is 0.265. The van der Waals surface area contributed by atoms with Crippen LogP contribution in [0, 0.1) is 0 Å². The van der Waals surface area contributed by atoms with Gasteiger partial charge in [0.2, 0.25) is 0 Å². The number of esters is 1. The molecule has 0 bridgehead atoms. The topological polar surface area (TPSA) is 92.8 Å². The second-order valence-electron chi connectivity index (χ2n) is 8.42. The van der Waals surface area contributed by atoms with Gasteiger partial charge in [0, 0.05) is 15.4 Å². The van der Waals surface area contributed by atoms with E-state index in [1.165, 1.54) is 13.3 Å². The number of nitrogens with one attached hydrogen (secondary N) is 2. The number of hydrogen-bond donors (Lipinski definition) is 2. The monoisotopic (exact) mass is 601 g/mol.